The van der Waals surface area contributed by atoms with Crippen LogP contribution in [-0.4, -0.2) is 18.3 Å². The van der Waals surface area contributed by atoms with E-state index >= 15 is 0 Å². The molecule has 0 saturated carbocycles. The van der Waals surface area contributed by atoms with Crippen molar-refractivity contribution < 1.29 is 9.31 Å². The van der Waals surface area contributed by atoms with Gasteiger partial charge in [-0.15, -0.1) is 0 Å². The first-order valence-corrected chi connectivity index (χ1v) is 14.4. The van der Waals surface area contributed by atoms with Crippen molar-refractivity contribution in [3.05, 3.63) is 102 Å². The van der Waals surface area contributed by atoms with E-state index in [1.807, 2.05) is 0 Å². The highest BCUT2D eigenvalue weighted by atomic mass is 16.7. The monoisotopic (exact) mass is 520 g/mol. The minimum Gasteiger partial charge on any atom is -0.399 e. The summed E-state index contributed by atoms with van der Waals surface area (Å²) in [6, 6.07) is 34.0. The van der Waals surface area contributed by atoms with Gasteiger partial charge < -0.3 is 9.31 Å². The average Bonchev–Trinajstić information content (AvgIpc) is 3.30. The van der Waals surface area contributed by atoms with Gasteiger partial charge in [0.15, 0.2) is 0 Å². The molecule has 1 aliphatic heterocycles. The van der Waals surface area contributed by atoms with E-state index in [9.17, 15) is 0 Å². The molecule has 1 saturated heterocycles. The third-order valence-electron chi connectivity index (χ3n) is 10.1. The van der Waals surface area contributed by atoms with Gasteiger partial charge >= 0.3 is 7.12 Å². The van der Waals surface area contributed by atoms with Crippen molar-refractivity contribution in [3.63, 3.8) is 0 Å². The maximum Gasteiger partial charge on any atom is 0.494 e. The number of fused-ring (bicyclic) bond motifs is 11. The smallest absolute Gasteiger partial charge is 0.399 e. The normalized spacial score (nSPS) is 18.6. The van der Waals surface area contributed by atoms with Crippen molar-refractivity contribution in [2.24, 2.45) is 0 Å². The molecular weight excluding hydrogens is 487 g/mol. The van der Waals surface area contributed by atoms with Gasteiger partial charge in [-0.25, -0.2) is 0 Å². The summed E-state index contributed by atoms with van der Waals surface area (Å²) >= 11 is 0. The fourth-order valence-corrected chi connectivity index (χ4v) is 7.11. The van der Waals surface area contributed by atoms with Crippen molar-refractivity contribution in [2.45, 2.75) is 58.2 Å². The molecule has 1 fully saturated rings. The topological polar surface area (TPSA) is 18.5 Å². The lowest BCUT2D eigenvalue weighted by molar-refractivity contribution is 0.00578. The van der Waals surface area contributed by atoms with Crippen molar-refractivity contribution in [3.8, 4) is 11.1 Å². The third kappa shape index (κ3) is 3.08. The van der Waals surface area contributed by atoms with Crippen LogP contribution in [0.4, 0.5) is 0 Å². The summed E-state index contributed by atoms with van der Waals surface area (Å²) in [5.74, 6) is 0. The van der Waals surface area contributed by atoms with Gasteiger partial charge in [-0.2, -0.15) is 0 Å². The molecule has 3 heteroatoms. The van der Waals surface area contributed by atoms with Crippen LogP contribution >= 0.6 is 0 Å². The third-order valence-corrected chi connectivity index (χ3v) is 10.1. The molecule has 6 aromatic carbocycles. The Kier molecular flexibility index (Phi) is 4.68. The molecule has 1 aliphatic carbocycles. The summed E-state index contributed by atoms with van der Waals surface area (Å²) in [5.41, 5.74) is 5.57. The van der Waals surface area contributed by atoms with Crippen LogP contribution in [0.5, 0.6) is 0 Å². The Morgan fingerprint density at radius 1 is 0.500 bits per heavy atom. The van der Waals surface area contributed by atoms with Crippen molar-refractivity contribution >= 4 is 55.7 Å². The molecule has 8 rings (SSSR count). The Balaban J connectivity index is 1.43. The number of benzene rings is 6. The summed E-state index contributed by atoms with van der Waals surface area (Å²) < 4.78 is 12.9. The average molecular weight is 520 g/mol. The molecule has 0 atom stereocenters. The highest BCUT2D eigenvalue weighted by Gasteiger charge is 2.52. The first-order chi connectivity index (χ1) is 19.1. The molecule has 40 heavy (non-hydrogen) atoms. The Hall–Kier alpha value is -3.66. The van der Waals surface area contributed by atoms with E-state index in [1.165, 1.54) is 65.3 Å². The predicted octanol–water partition coefficient (Wildman–Crippen LogP) is 8.90. The minimum absolute atomic E-state index is 0.115. The van der Waals surface area contributed by atoms with Crippen LogP contribution in [-0.2, 0) is 14.7 Å². The summed E-state index contributed by atoms with van der Waals surface area (Å²) in [6.45, 7) is 13.2. The van der Waals surface area contributed by atoms with Crippen LogP contribution < -0.4 is 5.46 Å². The Labute approximate surface area is 236 Å². The molecule has 0 radical (unpaired) electrons. The molecule has 0 aromatic heterocycles. The van der Waals surface area contributed by atoms with Gasteiger partial charge in [0, 0.05) is 5.41 Å². The standard InChI is InChI=1S/C37H33BO2/c1-35(2)32-18-16-23(38-39-36(3,4)37(5,6)40-38)19-29(32)30-20-28-26-14-10-9-13-25(26)27-17-15-22-11-7-8-12-24(22)34(27)31(28)21-33(30)35/h7-21H,1-6H3. The molecular formula is C37H33BO2. The first kappa shape index (κ1) is 24.2. The van der Waals surface area contributed by atoms with Crippen LogP contribution in [0.25, 0.3) is 54.2 Å². The van der Waals surface area contributed by atoms with E-state index in [-0.39, 0.29) is 23.7 Å². The van der Waals surface area contributed by atoms with Crippen molar-refractivity contribution in [1.82, 2.24) is 0 Å². The van der Waals surface area contributed by atoms with Gasteiger partial charge in [-0.3, -0.25) is 0 Å². The molecule has 1 heterocycles. The van der Waals surface area contributed by atoms with Gasteiger partial charge in [0.1, 0.15) is 0 Å². The Morgan fingerprint density at radius 2 is 1.12 bits per heavy atom. The van der Waals surface area contributed by atoms with E-state index < -0.39 is 0 Å². The van der Waals surface area contributed by atoms with Gasteiger partial charge in [0.05, 0.1) is 11.2 Å². The zero-order valence-electron chi connectivity index (χ0n) is 24.1. The van der Waals surface area contributed by atoms with Gasteiger partial charge in [-0.05, 0) is 111 Å². The van der Waals surface area contributed by atoms with E-state index in [4.69, 9.17) is 9.31 Å². The van der Waals surface area contributed by atoms with E-state index in [1.54, 1.807) is 0 Å². The molecule has 2 nitrogen and oxygen atoms in total. The van der Waals surface area contributed by atoms with Crippen LogP contribution in [0.1, 0.15) is 52.7 Å². The lowest BCUT2D eigenvalue weighted by Crippen LogP contribution is -2.41. The van der Waals surface area contributed by atoms with E-state index in [2.05, 4.69) is 133 Å². The van der Waals surface area contributed by atoms with Gasteiger partial charge in [0.2, 0.25) is 0 Å². The largest absolute Gasteiger partial charge is 0.494 e. The summed E-state index contributed by atoms with van der Waals surface area (Å²) in [4.78, 5) is 0. The van der Waals surface area contributed by atoms with Crippen molar-refractivity contribution in [2.75, 3.05) is 0 Å². The quantitative estimate of drug-likeness (QED) is 0.159. The first-order valence-electron chi connectivity index (χ1n) is 14.4. The summed E-state index contributed by atoms with van der Waals surface area (Å²) in [7, 11) is -0.376. The molecule has 0 N–H and O–H groups in total. The second-order valence-corrected chi connectivity index (χ2v) is 13.2. The summed E-state index contributed by atoms with van der Waals surface area (Å²) in [6.07, 6.45) is 0. The molecule has 0 amide bonds. The Bertz CT molecular complexity index is 2030. The number of rotatable bonds is 1. The fraction of sp³-hybridized carbons (Fsp3) is 0.243. The molecule has 2 aliphatic rings. The number of hydrogen-bond donors (Lipinski definition) is 0. The lowest BCUT2D eigenvalue weighted by Gasteiger charge is -2.32. The summed E-state index contributed by atoms with van der Waals surface area (Å²) in [5, 5.41) is 10.5. The van der Waals surface area contributed by atoms with E-state index in [0.717, 1.165) is 5.46 Å². The second-order valence-electron chi connectivity index (χ2n) is 13.2. The maximum atomic E-state index is 6.44. The zero-order valence-corrected chi connectivity index (χ0v) is 24.1. The number of hydrogen-bond acceptors (Lipinski definition) is 2. The molecule has 0 unspecified atom stereocenters. The van der Waals surface area contributed by atoms with E-state index in [0.29, 0.717) is 0 Å². The second kappa shape index (κ2) is 7.75. The lowest BCUT2D eigenvalue weighted by atomic mass is 9.76. The van der Waals surface area contributed by atoms with Crippen molar-refractivity contribution in [1.29, 1.82) is 0 Å². The predicted molar refractivity (Wildman–Crippen MR) is 170 cm³/mol. The minimum atomic E-state index is -0.376. The Morgan fingerprint density at radius 3 is 1.85 bits per heavy atom. The highest BCUT2D eigenvalue weighted by molar-refractivity contribution is 6.62. The van der Waals surface area contributed by atoms with Crippen LogP contribution in [0, 0.1) is 0 Å². The van der Waals surface area contributed by atoms with Gasteiger partial charge in [0.25, 0.3) is 0 Å². The van der Waals surface area contributed by atoms with Gasteiger partial charge in [-0.1, -0.05) is 92.7 Å². The zero-order chi connectivity index (χ0) is 27.6. The fourth-order valence-electron chi connectivity index (χ4n) is 7.11. The molecule has 6 aromatic rings. The molecule has 0 bridgehead atoms. The highest BCUT2D eigenvalue weighted by Crippen LogP contribution is 2.52. The maximum absolute atomic E-state index is 6.44. The molecule has 0 spiro atoms. The molecule has 196 valence electrons. The van der Waals surface area contributed by atoms with Crippen LogP contribution in [0.15, 0.2) is 91.0 Å². The van der Waals surface area contributed by atoms with Crippen LogP contribution in [0.3, 0.4) is 0 Å². The van der Waals surface area contributed by atoms with Crippen LogP contribution in [0.2, 0.25) is 0 Å². The SMILES string of the molecule is CC1(C)c2ccc(B3OC(C)(C)C(C)(C)O3)cc2-c2cc3c4ccccc4c4ccc5ccccc5c4c3cc21.